The van der Waals surface area contributed by atoms with Gasteiger partial charge in [-0.25, -0.2) is 31.9 Å². The quantitative estimate of drug-likeness (QED) is 0.299. The topological polar surface area (TPSA) is 77.8 Å². The summed E-state index contributed by atoms with van der Waals surface area (Å²) in [7, 11) is 0. The Bertz CT molecular complexity index is 660. The van der Waals surface area contributed by atoms with Crippen LogP contribution in [0.25, 0.3) is 0 Å². The first-order valence-corrected chi connectivity index (χ1v) is 6.33. The van der Waals surface area contributed by atoms with Gasteiger partial charge in [-0.15, -0.1) is 0 Å². The summed E-state index contributed by atoms with van der Waals surface area (Å²) in [5, 5.41) is -0.0450. The van der Waals surface area contributed by atoms with Gasteiger partial charge < -0.3 is 11.5 Å². The van der Waals surface area contributed by atoms with Crippen molar-refractivity contribution >= 4 is 23.4 Å². The van der Waals surface area contributed by atoms with Crippen molar-refractivity contribution in [3.05, 3.63) is 40.7 Å². The molecule has 0 bridgehead atoms. The van der Waals surface area contributed by atoms with Gasteiger partial charge in [0.15, 0.2) is 28.4 Å². The first kappa shape index (κ1) is 15.3. The number of nitrogens with zero attached hydrogens (tertiary/aromatic N) is 2. The fourth-order valence-corrected chi connectivity index (χ4v) is 2.31. The van der Waals surface area contributed by atoms with Gasteiger partial charge in [0.1, 0.15) is 11.6 Å². The molecule has 4 nitrogen and oxygen atoms in total. The third kappa shape index (κ3) is 2.99. The summed E-state index contributed by atoms with van der Waals surface area (Å²) in [6.07, 6.45) is 0. The minimum atomic E-state index is -2.21. The van der Waals surface area contributed by atoms with E-state index < -0.39 is 40.4 Å². The molecule has 0 amide bonds. The number of nitrogens with two attached hydrogens (primary N) is 2. The average molecular weight is 322 g/mol. The first-order valence-electron chi connectivity index (χ1n) is 5.34. The van der Waals surface area contributed by atoms with Crippen molar-refractivity contribution in [3.8, 4) is 0 Å². The van der Waals surface area contributed by atoms with Crippen molar-refractivity contribution < 1.29 is 22.0 Å². The molecule has 2 aromatic rings. The zero-order chi connectivity index (χ0) is 15.7. The van der Waals surface area contributed by atoms with Gasteiger partial charge in [-0.2, -0.15) is 0 Å². The highest BCUT2D eigenvalue weighted by Crippen LogP contribution is 2.28. The van der Waals surface area contributed by atoms with Gasteiger partial charge >= 0.3 is 0 Å². The summed E-state index contributed by atoms with van der Waals surface area (Å²) in [4.78, 5) is 7.43. The zero-order valence-corrected chi connectivity index (χ0v) is 10.9. The van der Waals surface area contributed by atoms with E-state index in [2.05, 4.69) is 9.97 Å². The van der Waals surface area contributed by atoms with E-state index in [9.17, 15) is 22.0 Å². The molecular formula is C11H7F5N4S. The summed E-state index contributed by atoms with van der Waals surface area (Å²) in [5.41, 5.74) is 9.82. The van der Waals surface area contributed by atoms with Crippen molar-refractivity contribution in [1.82, 2.24) is 9.97 Å². The molecule has 0 saturated heterocycles. The smallest absolute Gasteiger partial charge is 0.200 e. The first-order chi connectivity index (χ1) is 9.81. The predicted molar refractivity (Wildman–Crippen MR) is 66.6 cm³/mol. The Balaban J connectivity index is 2.32. The van der Waals surface area contributed by atoms with Gasteiger partial charge in [-0.1, -0.05) is 11.8 Å². The average Bonchev–Trinajstić information content (AvgIpc) is 2.42. The third-order valence-corrected chi connectivity index (χ3v) is 3.27. The van der Waals surface area contributed by atoms with E-state index in [0.717, 1.165) is 0 Å². The van der Waals surface area contributed by atoms with E-state index in [1.807, 2.05) is 0 Å². The van der Waals surface area contributed by atoms with Crippen LogP contribution in [0.1, 0.15) is 5.56 Å². The molecule has 0 fully saturated rings. The largest absolute Gasteiger partial charge is 0.383 e. The second-order valence-electron chi connectivity index (χ2n) is 3.84. The van der Waals surface area contributed by atoms with Crippen LogP contribution in [-0.2, 0) is 5.75 Å². The van der Waals surface area contributed by atoms with Gasteiger partial charge in [0.2, 0.25) is 5.82 Å². The Morgan fingerprint density at radius 1 is 0.810 bits per heavy atom. The van der Waals surface area contributed by atoms with E-state index in [0.29, 0.717) is 11.8 Å². The second-order valence-corrected chi connectivity index (χ2v) is 4.78. The standard InChI is InChI=1S/C11H7F5N4S/c12-6-3(7(13)9(15)10(16)8(6)14)2-21-11-19-4(17)1-5(18)20-11/h1H,2H2,(H4,17,18,19,20). The van der Waals surface area contributed by atoms with E-state index in [1.165, 1.54) is 6.07 Å². The van der Waals surface area contributed by atoms with Crippen molar-refractivity contribution in [2.45, 2.75) is 10.9 Å². The van der Waals surface area contributed by atoms with Crippen molar-refractivity contribution in [3.63, 3.8) is 0 Å². The van der Waals surface area contributed by atoms with Crippen molar-refractivity contribution in [2.24, 2.45) is 0 Å². The van der Waals surface area contributed by atoms with Crippen LogP contribution in [0.4, 0.5) is 33.6 Å². The summed E-state index contributed by atoms with van der Waals surface area (Å²) in [5.74, 6) is -10.5. The minimum absolute atomic E-state index is 0.0161. The van der Waals surface area contributed by atoms with Crippen molar-refractivity contribution in [1.29, 1.82) is 0 Å². The molecule has 0 aliphatic carbocycles. The molecule has 1 aromatic heterocycles. The summed E-state index contributed by atoms with van der Waals surface area (Å²) in [6, 6.07) is 1.25. The highest BCUT2D eigenvalue weighted by molar-refractivity contribution is 7.98. The number of rotatable bonds is 3. The Morgan fingerprint density at radius 3 is 1.71 bits per heavy atom. The molecule has 0 spiro atoms. The molecule has 0 aliphatic rings. The highest BCUT2D eigenvalue weighted by atomic mass is 32.2. The Hall–Kier alpha value is -2.10. The summed E-state index contributed by atoms with van der Waals surface area (Å²) >= 11 is 0.635. The maximum Gasteiger partial charge on any atom is 0.200 e. The number of thioether (sulfide) groups is 1. The number of hydrogen-bond acceptors (Lipinski definition) is 5. The molecule has 0 unspecified atom stereocenters. The highest BCUT2D eigenvalue weighted by Gasteiger charge is 2.25. The number of anilines is 2. The molecule has 1 aromatic carbocycles. The molecule has 112 valence electrons. The van der Waals surface area contributed by atoms with Gasteiger partial charge in [-0.3, -0.25) is 0 Å². The van der Waals surface area contributed by atoms with Crippen LogP contribution >= 0.6 is 11.8 Å². The van der Waals surface area contributed by atoms with Crippen LogP contribution in [-0.4, -0.2) is 9.97 Å². The van der Waals surface area contributed by atoms with E-state index >= 15 is 0 Å². The summed E-state index contributed by atoms with van der Waals surface area (Å²) in [6.45, 7) is 0. The van der Waals surface area contributed by atoms with Gasteiger partial charge in [0.05, 0.1) is 0 Å². The summed E-state index contributed by atoms with van der Waals surface area (Å²) < 4.78 is 65.8. The van der Waals surface area contributed by atoms with Crippen molar-refractivity contribution in [2.75, 3.05) is 11.5 Å². The number of nitrogen functional groups attached to an aromatic ring is 2. The molecular weight excluding hydrogens is 315 g/mol. The van der Waals surface area contributed by atoms with Crippen LogP contribution in [0.2, 0.25) is 0 Å². The van der Waals surface area contributed by atoms with Crippen LogP contribution in [0.3, 0.4) is 0 Å². The maximum atomic E-state index is 13.4. The molecule has 10 heteroatoms. The molecule has 0 saturated carbocycles. The lowest BCUT2D eigenvalue weighted by Gasteiger charge is -2.08. The third-order valence-electron chi connectivity index (χ3n) is 2.39. The van der Waals surface area contributed by atoms with Gasteiger partial charge in [0.25, 0.3) is 0 Å². The predicted octanol–water partition coefficient (Wildman–Crippen LogP) is 2.63. The van der Waals surface area contributed by atoms with Gasteiger partial charge in [0, 0.05) is 17.4 Å². The number of aromatic nitrogens is 2. The molecule has 0 radical (unpaired) electrons. The molecule has 0 aliphatic heterocycles. The number of hydrogen-bond donors (Lipinski definition) is 2. The fourth-order valence-electron chi connectivity index (χ4n) is 1.44. The Labute approximate surface area is 119 Å². The Kier molecular flexibility index (Phi) is 4.16. The maximum absolute atomic E-state index is 13.4. The molecule has 4 N–H and O–H groups in total. The molecule has 0 atom stereocenters. The number of halogens is 5. The fraction of sp³-hybridized carbons (Fsp3) is 0.0909. The van der Waals surface area contributed by atoms with Crippen LogP contribution in [0.5, 0.6) is 0 Å². The van der Waals surface area contributed by atoms with Crippen LogP contribution in [0.15, 0.2) is 11.2 Å². The van der Waals surface area contributed by atoms with E-state index in [-0.39, 0.29) is 16.8 Å². The van der Waals surface area contributed by atoms with Crippen LogP contribution in [0, 0.1) is 29.1 Å². The molecule has 2 rings (SSSR count). The van der Waals surface area contributed by atoms with E-state index in [4.69, 9.17) is 11.5 Å². The SMILES string of the molecule is Nc1cc(N)nc(SCc2c(F)c(F)c(F)c(F)c2F)n1. The van der Waals surface area contributed by atoms with Gasteiger partial charge in [-0.05, 0) is 0 Å². The molecule has 1 heterocycles. The molecule has 21 heavy (non-hydrogen) atoms. The zero-order valence-electron chi connectivity index (χ0n) is 10.1. The minimum Gasteiger partial charge on any atom is -0.383 e. The van der Waals surface area contributed by atoms with Crippen LogP contribution < -0.4 is 11.5 Å². The lowest BCUT2D eigenvalue weighted by Crippen LogP contribution is -2.06. The normalized spacial score (nSPS) is 10.9. The lowest BCUT2D eigenvalue weighted by atomic mass is 10.2. The van der Waals surface area contributed by atoms with E-state index in [1.54, 1.807) is 0 Å². The Morgan fingerprint density at radius 2 is 1.24 bits per heavy atom. The monoisotopic (exact) mass is 322 g/mol. The second kappa shape index (κ2) is 5.72. The lowest BCUT2D eigenvalue weighted by molar-refractivity contribution is 0.372. The number of benzene rings is 1.